The van der Waals surface area contributed by atoms with Crippen LogP contribution in [0.3, 0.4) is 0 Å². The Balaban J connectivity index is 2.83. The van der Waals surface area contributed by atoms with Crippen LogP contribution in [-0.2, 0) is 14.6 Å². The molecule has 0 saturated heterocycles. The summed E-state index contributed by atoms with van der Waals surface area (Å²) in [7, 11) is -3.46. The second kappa shape index (κ2) is 6.85. The molecule has 1 unspecified atom stereocenters. The summed E-state index contributed by atoms with van der Waals surface area (Å²) in [5.41, 5.74) is 7.86. The molecule has 3 N–H and O–H groups in total. The fourth-order valence-electron chi connectivity index (χ4n) is 1.73. The van der Waals surface area contributed by atoms with E-state index in [2.05, 4.69) is 5.32 Å². The fraction of sp³-hybridized carbons (Fsp3) is 0.500. The summed E-state index contributed by atoms with van der Waals surface area (Å²) in [6, 6.07) is 5.65. The van der Waals surface area contributed by atoms with E-state index in [4.69, 9.17) is 5.73 Å². The lowest BCUT2D eigenvalue weighted by Gasteiger charge is -2.14. The number of nitrogens with one attached hydrogen (secondary N) is 1. The summed E-state index contributed by atoms with van der Waals surface area (Å²) in [6.45, 7) is 5.48. The van der Waals surface area contributed by atoms with Gasteiger partial charge in [0.2, 0.25) is 5.91 Å². The maximum absolute atomic E-state index is 12.1. The molecule has 0 spiro atoms. The number of amides is 1. The summed E-state index contributed by atoms with van der Waals surface area (Å²) in [5.74, 6) is -0.569. The van der Waals surface area contributed by atoms with Gasteiger partial charge < -0.3 is 11.1 Å². The number of carbonyl (C=O) groups excluding carboxylic acids is 1. The molecule has 0 saturated carbocycles. The van der Waals surface area contributed by atoms with Gasteiger partial charge in [0, 0.05) is 5.69 Å². The van der Waals surface area contributed by atoms with Crippen molar-refractivity contribution in [1.82, 2.24) is 0 Å². The van der Waals surface area contributed by atoms with Crippen molar-refractivity contribution < 1.29 is 13.2 Å². The van der Waals surface area contributed by atoms with Crippen molar-refractivity contribution in [3.8, 4) is 0 Å². The van der Waals surface area contributed by atoms with Gasteiger partial charge in [-0.25, -0.2) is 8.42 Å². The van der Waals surface area contributed by atoms with E-state index < -0.39 is 21.0 Å². The van der Waals surface area contributed by atoms with Gasteiger partial charge in [-0.2, -0.15) is 0 Å². The Morgan fingerprint density at radius 3 is 2.60 bits per heavy atom. The number of anilines is 1. The molecular weight excluding hydrogens is 276 g/mol. The molecule has 0 aliphatic heterocycles. The molecule has 6 heteroatoms. The van der Waals surface area contributed by atoms with Crippen LogP contribution in [0.1, 0.15) is 24.5 Å². The van der Waals surface area contributed by atoms with Crippen LogP contribution in [0.15, 0.2) is 18.2 Å². The smallest absolute Gasteiger partial charge is 0.242 e. The monoisotopic (exact) mass is 298 g/mol. The van der Waals surface area contributed by atoms with E-state index in [1.165, 1.54) is 6.92 Å². The summed E-state index contributed by atoms with van der Waals surface area (Å²) < 4.78 is 23.9. The maximum Gasteiger partial charge on any atom is 0.242 e. The van der Waals surface area contributed by atoms with E-state index in [1.54, 1.807) is 0 Å². The van der Waals surface area contributed by atoms with Crippen LogP contribution < -0.4 is 11.1 Å². The topological polar surface area (TPSA) is 89.3 Å². The molecule has 0 fully saturated rings. The molecule has 5 nitrogen and oxygen atoms in total. The Morgan fingerprint density at radius 1 is 1.35 bits per heavy atom. The highest BCUT2D eigenvalue weighted by Crippen LogP contribution is 2.17. The molecule has 1 aromatic rings. The van der Waals surface area contributed by atoms with Crippen molar-refractivity contribution in [2.45, 2.75) is 32.4 Å². The minimum Gasteiger partial charge on any atom is -0.330 e. The van der Waals surface area contributed by atoms with Crippen LogP contribution in [0.5, 0.6) is 0 Å². The summed E-state index contributed by atoms with van der Waals surface area (Å²) in [6.07, 6.45) is 0.365. The lowest BCUT2D eigenvalue weighted by molar-refractivity contribution is -0.115. The number of hydrogen-bond acceptors (Lipinski definition) is 4. The van der Waals surface area contributed by atoms with E-state index in [0.29, 0.717) is 18.7 Å². The van der Waals surface area contributed by atoms with Gasteiger partial charge in [-0.3, -0.25) is 4.79 Å². The molecule has 1 aromatic carbocycles. The van der Waals surface area contributed by atoms with Crippen LogP contribution in [0, 0.1) is 13.8 Å². The van der Waals surface area contributed by atoms with E-state index in [-0.39, 0.29) is 5.75 Å². The van der Waals surface area contributed by atoms with Gasteiger partial charge in [0.1, 0.15) is 5.25 Å². The molecule has 0 radical (unpaired) electrons. The zero-order chi connectivity index (χ0) is 15.3. The predicted octanol–water partition coefficient (Wildman–Crippen LogP) is 1.39. The van der Waals surface area contributed by atoms with Crippen molar-refractivity contribution in [3.63, 3.8) is 0 Å². The molecule has 1 amide bonds. The van der Waals surface area contributed by atoms with Crippen molar-refractivity contribution in [1.29, 1.82) is 0 Å². The number of sulfone groups is 1. The van der Waals surface area contributed by atoms with Crippen molar-refractivity contribution >= 4 is 21.4 Å². The first-order valence-corrected chi connectivity index (χ1v) is 8.29. The number of benzene rings is 1. The van der Waals surface area contributed by atoms with E-state index >= 15 is 0 Å². The number of rotatable bonds is 6. The Morgan fingerprint density at radius 2 is 2.00 bits per heavy atom. The third-order valence-electron chi connectivity index (χ3n) is 3.19. The Labute approximate surface area is 120 Å². The van der Waals surface area contributed by atoms with Crippen molar-refractivity contribution in [3.05, 3.63) is 29.3 Å². The van der Waals surface area contributed by atoms with Crippen LogP contribution in [-0.4, -0.2) is 31.9 Å². The van der Waals surface area contributed by atoms with Crippen LogP contribution >= 0.6 is 0 Å². The Hall–Kier alpha value is -1.40. The number of nitrogens with two attached hydrogens (primary N) is 1. The van der Waals surface area contributed by atoms with Gasteiger partial charge in [-0.15, -0.1) is 0 Å². The lowest BCUT2D eigenvalue weighted by atomic mass is 10.1. The standard InChI is InChI=1S/C14H22N2O3S/c1-10-5-6-11(2)13(9-10)16-14(17)12(3)20(18,19)8-4-7-15/h5-6,9,12H,4,7-8,15H2,1-3H3,(H,16,17). The van der Waals surface area contributed by atoms with Gasteiger partial charge in [0.15, 0.2) is 9.84 Å². The SMILES string of the molecule is Cc1ccc(C)c(NC(=O)C(C)S(=O)(=O)CCCN)c1. The fourth-order valence-corrected chi connectivity index (χ4v) is 3.04. The zero-order valence-corrected chi connectivity index (χ0v) is 13.0. The highest BCUT2D eigenvalue weighted by atomic mass is 32.2. The van der Waals surface area contributed by atoms with Crippen molar-refractivity contribution in [2.75, 3.05) is 17.6 Å². The minimum absolute atomic E-state index is 0.0646. The molecule has 0 bridgehead atoms. The minimum atomic E-state index is -3.46. The van der Waals surface area contributed by atoms with Crippen LogP contribution in [0.2, 0.25) is 0 Å². The average molecular weight is 298 g/mol. The molecule has 112 valence electrons. The quantitative estimate of drug-likeness (QED) is 0.830. The second-order valence-electron chi connectivity index (χ2n) is 4.96. The van der Waals surface area contributed by atoms with Gasteiger partial charge in [-0.1, -0.05) is 12.1 Å². The summed E-state index contributed by atoms with van der Waals surface area (Å²) >= 11 is 0. The largest absolute Gasteiger partial charge is 0.330 e. The van der Waals surface area contributed by atoms with Gasteiger partial charge in [0.25, 0.3) is 0 Å². The van der Waals surface area contributed by atoms with Crippen molar-refractivity contribution in [2.24, 2.45) is 5.73 Å². The summed E-state index contributed by atoms with van der Waals surface area (Å²) in [4.78, 5) is 12.1. The molecule has 0 aliphatic carbocycles. The first kappa shape index (κ1) is 16.7. The predicted molar refractivity (Wildman–Crippen MR) is 81.5 cm³/mol. The van der Waals surface area contributed by atoms with Gasteiger partial charge >= 0.3 is 0 Å². The normalized spacial score (nSPS) is 13.0. The highest BCUT2D eigenvalue weighted by molar-refractivity contribution is 7.92. The van der Waals surface area contributed by atoms with E-state index in [9.17, 15) is 13.2 Å². The third-order valence-corrected chi connectivity index (χ3v) is 5.34. The highest BCUT2D eigenvalue weighted by Gasteiger charge is 2.27. The molecular formula is C14H22N2O3S. The number of carbonyl (C=O) groups is 1. The number of hydrogen-bond donors (Lipinski definition) is 2. The first-order chi connectivity index (χ1) is 9.27. The molecule has 0 heterocycles. The molecule has 20 heavy (non-hydrogen) atoms. The van der Waals surface area contributed by atoms with Gasteiger partial charge in [-0.05, 0) is 50.9 Å². The van der Waals surface area contributed by atoms with Gasteiger partial charge in [0.05, 0.1) is 5.75 Å². The second-order valence-corrected chi connectivity index (χ2v) is 7.40. The third kappa shape index (κ3) is 4.31. The number of aryl methyl sites for hydroxylation is 2. The van der Waals surface area contributed by atoms with E-state index in [1.807, 2.05) is 32.0 Å². The van der Waals surface area contributed by atoms with Crippen LogP contribution in [0.25, 0.3) is 0 Å². The molecule has 1 rings (SSSR count). The lowest BCUT2D eigenvalue weighted by Crippen LogP contribution is -2.34. The Kier molecular flexibility index (Phi) is 5.71. The maximum atomic E-state index is 12.1. The molecule has 0 aliphatic rings. The zero-order valence-electron chi connectivity index (χ0n) is 12.1. The first-order valence-electron chi connectivity index (χ1n) is 6.57. The Bertz CT molecular complexity index is 582. The molecule has 1 atom stereocenters. The average Bonchev–Trinajstić information content (AvgIpc) is 2.39. The van der Waals surface area contributed by atoms with Crippen LogP contribution in [0.4, 0.5) is 5.69 Å². The summed E-state index contributed by atoms with van der Waals surface area (Å²) in [5, 5.41) is 1.61. The van der Waals surface area contributed by atoms with E-state index in [0.717, 1.165) is 11.1 Å². The molecule has 0 aromatic heterocycles.